The molecule has 0 bridgehead atoms. The second kappa shape index (κ2) is 4.09. The lowest BCUT2D eigenvalue weighted by Crippen LogP contribution is -2.27. The van der Waals surface area contributed by atoms with Crippen molar-refractivity contribution in [3.05, 3.63) is 50.8 Å². The summed E-state index contributed by atoms with van der Waals surface area (Å²) in [5.74, 6) is 0. The lowest BCUT2D eigenvalue weighted by molar-refractivity contribution is 0.650. The number of H-pyrrole nitrogens is 2. The van der Waals surface area contributed by atoms with Crippen molar-refractivity contribution in [2.75, 3.05) is 5.73 Å². The Morgan fingerprint density at radius 3 is 2.19 bits per heavy atom. The topological polar surface area (TPSA) is 96.7 Å². The van der Waals surface area contributed by atoms with Crippen LogP contribution in [0.2, 0.25) is 0 Å². The third-order valence-electron chi connectivity index (χ3n) is 2.37. The summed E-state index contributed by atoms with van der Waals surface area (Å²) in [4.78, 5) is 22.3. The zero-order valence-corrected chi connectivity index (χ0v) is 8.56. The van der Waals surface area contributed by atoms with Gasteiger partial charge >= 0.3 is 11.4 Å². The number of hydrogen-bond donors (Lipinski definition) is 3. The number of hydrogen-bond acceptors (Lipinski definition) is 3. The highest BCUT2D eigenvalue weighted by molar-refractivity contribution is 5.39. The Morgan fingerprint density at radius 2 is 1.62 bits per heavy atom. The van der Waals surface area contributed by atoms with Crippen molar-refractivity contribution < 1.29 is 0 Å². The molecule has 0 saturated heterocycles. The summed E-state index contributed by atoms with van der Waals surface area (Å²) < 4.78 is 1.12. The molecule has 0 atom stereocenters. The van der Waals surface area contributed by atoms with Crippen LogP contribution in [0, 0.1) is 0 Å². The van der Waals surface area contributed by atoms with Crippen molar-refractivity contribution in [1.82, 2.24) is 14.8 Å². The van der Waals surface area contributed by atoms with E-state index in [0.717, 1.165) is 10.1 Å². The Balaban J connectivity index is 2.11. The molecule has 1 heterocycles. The van der Waals surface area contributed by atoms with Gasteiger partial charge in [0.1, 0.15) is 0 Å². The Hall–Kier alpha value is -2.24. The maximum atomic E-state index is 11.2. The van der Waals surface area contributed by atoms with Crippen molar-refractivity contribution in [1.29, 1.82) is 0 Å². The number of nitrogens with one attached hydrogen (secondary N) is 2. The quantitative estimate of drug-likeness (QED) is 0.619. The molecule has 0 aliphatic heterocycles. The van der Waals surface area contributed by atoms with Gasteiger partial charge in [-0.05, 0) is 24.1 Å². The summed E-state index contributed by atoms with van der Waals surface area (Å²) in [6.45, 7) is 0.349. The van der Waals surface area contributed by atoms with Crippen molar-refractivity contribution >= 4 is 5.69 Å². The van der Waals surface area contributed by atoms with Gasteiger partial charge in [-0.15, -0.1) is 0 Å². The van der Waals surface area contributed by atoms with Crippen LogP contribution in [0.25, 0.3) is 0 Å². The van der Waals surface area contributed by atoms with E-state index in [4.69, 9.17) is 5.73 Å². The molecule has 0 spiro atoms. The number of anilines is 1. The van der Waals surface area contributed by atoms with Crippen LogP contribution in [-0.4, -0.2) is 14.8 Å². The summed E-state index contributed by atoms with van der Waals surface area (Å²) in [5.41, 5.74) is 6.44. The Kier molecular flexibility index (Phi) is 2.63. The minimum Gasteiger partial charge on any atom is -0.399 e. The van der Waals surface area contributed by atoms with Crippen molar-refractivity contribution in [3.63, 3.8) is 0 Å². The van der Waals surface area contributed by atoms with Crippen LogP contribution in [0.15, 0.2) is 33.9 Å². The number of aromatic amines is 2. The van der Waals surface area contributed by atoms with E-state index < -0.39 is 11.4 Å². The molecule has 0 radical (unpaired) electrons. The van der Waals surface area contributed by atoms with Gasteiger partial charge in [0, 0.05) is 12.2 Å². The second-order valence-electron chi connectivity index (χ2n) is 3.50. The van der Waals surface area contributed by atoms with Crippen molar-refractivity contribution in [2.24, 2.45) is 0 Å². The van der Waals surface area contributed by atoms with E-state index in [1.807, 2.05) is 12.1 Å². The Labute approximate surface area is 90.7 Å². The number of nitrogens with two attached hydrogens (primary N) is 1. The molecule has 0 aliphatic carbocycles. The second-order valence-corrected chi connectivity index (χ2v) is 3.50. The lowest BCUT2D eigenvalue weighted by atomic mass is 10.1. The van der Waals surface area contributed by atoms with Gasteiger partial charge in [0.05, 0.1) is 0 Å². The zero-order chi connectivity index (χ0) is 11.5. The zero-order valence-electron chi connectivity index (χ0n) is 8.56. The van der Waals surface area contributed by atoms with E-state index >= 15 is 0 Å². The summed E-state index contributed by atoms with van der Waals surface area (Å²) in [6, 6.07) is 7.33. The molecule has 4 N–H and O–H groups in total. The first kappa shape index (κ1) is 10.3. The van der Waals surface area contributed by atoms with Crippen LogP contribution in [0.5, 0.6) is 0 Å². The molecular formula is C10H12N4O2. The summed E-state index contributed by atoms with van der Waals surface area (Å²) >= 11 is 0. The minimum atomic E-state index is -0.416. The number of nitrogens with zero attached hydrogens (tertiary/aromatic N) is 1. The van der Waals surface area contributed by atoms with Gasteiger partial charge in [-0.1, -0.05) is 12.1 Å². The van der Waals surface area contributed by atoms with Gasteiger partial charge in [0.25, 0.3) is 0 Å². The van der Waals surface area contributed by atoms with Crippen LogP contribution in [0.4, 0.5) is 5.69 Å². The van der Waals surface area contributed by atoms with E-state index in [-0.39, 0.29) is 0 Å². The van der Waals surface area contributed by atoms with Gasteiger partial charge < -0.3 is 5.73 Å². The average molecular weight is 220 g/mol. The molecule has 2 aromatic rings. The van der Waals surface area contributed by atoms with Crippen LogP contribution in [-0.2, 0) is 13.0 Å². The predicted octanol–water partition coefficient (Wildman–Crippen LogP) is -0.310. The molecular weight excluding hydrogens is 208 g/mol. The molecule has 6 nitrogen and oxygen atoms in total. The fourth-order valence-corrected chi connectivity index (χ4v) is 1.46. The monoisotopic (exact) mass is 220 g/mol. The molecule has 0 aliphatic rings. The molecule has 1 aromatic heterocycles. The molecule has 0 fully saturated rings. The van der Waals surface area contributed by atoms with Crippen LogP contribution in [0.3, 0.4) is 0 Å². The fraction of sp³-hybridized carbons (Fsp3) is 0.200. The van der Waals surface area contributed by atoms with Gasteiger partial charge in [-0.25, -0.2) is 24.4 Å². The van der Waals surface area contributed by atoms with Gasteiger partial charge in [0.2, 0.25) is 0 Å². The number of benzene rings is 1. The summed E-state index contributed by atoms with van der Waals surface area (Å²) in [7, 11) is 0. The third-order valence-corrected chi connectivity index (χ3v) is 2.37. The molecule has 6 heteroatoms. The van der Waals surface area contributed by atoms with Gasteiger partial charge in [-0.2, -0.15) is 0 Å². The highest BCUT2D eigenvalue weighted by Gasteiger charge is 2.02. The van der Waals surface area contributed by atoms with Crippen molar-refractivity contribution in [2.45, 2.75) is 13.0 Å². The molecule has 2 rings (SSSR count). The van der Waals surface area contributed by atoms with E-state index in [2.05, 4.69) is 10.2 Å². The van der Waals surface area contributed by atoms with Crippen molar-refractivity contribution in [3.8, 4) is 0 Å². The Bertz CT molecular complexity index is 548. The van der Waals surface area contributed by atoms with Gasteiger partial charge in [0.15, 0.2) is 0 Å². The number of aromatic nitrogens is 3. The summed E-state index contributed by atoms with van der Waals surface area (Å²) in [6.07, 6.45) is 0.612. The first-order chi connectivity index (χ1) is 7.66. The average Bonchev–Trinajstić information content (AvgIpc) is 2.59. The van der Waals surface area contributed by atoms with E-state index in [1.165, 1.54) is 0 Å². The molecule has 0 unspecified atom stereocenters. The first-order valence-corrected chi connectivity index (χ1v) is 4.89. The smallest absolute Gasteiger partial charge is 0.344 e. The number of rotatable bonds is 3. The molecule has 1 aromatic carbocycles. The van der Waals surface area contributed by atoms with Crippen LogP contribution in [0.1, 0.15) is 5.56 Å². The van der Waals surface area contributed by atoms with E-state index in [0.29, 0.717) is 18.7 Å². The molecule has 16 heavy (non-hydrogen) atoms. The number of aryl methyl sites for hydroxylation is 1. The maximum Gasteiger partial charge on any atom is 0.344 e. The van der Waals surface area contributed by atoms with Crippen LogP contribution >= 0.6 is 0 Å². The largest absolute Gasteiger partial charge is 0.399 e. The molecule has 0 amide bonds. The minimum absolute atomic E-state index is 0.349. The van der Waals surface area contributed by atoms with Crippen LogP contribution < -0.4 is 17.1 Å². The summed E-state index contributed by atoms with van der Waals surface area (Å²) in [5, 5.41) is 4.46. The predicted molar refractivity (Wildman–Crippen MR) is 60.2 cm³/mol. The Morgan fingerprint density at radius 1 is 1.06 bits per heavy atom. The number of nitrogen functional groups attached to an aromatic ring is 1. The first-order valence-electron chi connectivity index (χ1n) is 4.89. The molecule has 84 valence electrons. The van der Waals surface area contributed by atoms with E-state index in [1.54, 1.807) is 12.1 Å². The molecule has 0 saturated carbocycles. The third kappa shape index (κ3) is 2.05. The normalized spacial score (nSPS) is 10.5. The van der Waals surface area contributed by atoms with E-state index in [9.17, 15) is 9.59 Å². The fourth-order valence-electron chi connectivity index (χ4n) is 1.46. The van der Waals surface area contributed by atoms with Gasteiger partial charge in [-0.3, -0.25) is 0 Å². The highest BCUT2D eigenvalue weighted by atomic mass is 16.2. The highest BCUT2D eigenvalue weighted by Crippen LogP contribution is 2.06. The maximum absolute atomic E-state index is 11.2. The standard InChI is InChI=1S/C10H12N4O2/c11-8-3-1-7(2-4-8)5-6-14-9(15)12-13-10(14)16/h1-4H,5-6,11H2,(H,12,15)(H,13,16). The lowest BCUT2D eigenvalue weighted by Gasteiger charge is -2.01. The SMILES string of the molecule is Nc1ccc(CCn2c(=O)[nH][nH]c2=O)cc1.